The van der Waals surface area contributed by atoms with Crippen molar-refractivity contribution in [3.63, 3.8) is 0 Å². The van der Waals surface area contributed by atoms with Crippen LogP contribution in [0.5, 0.6) is 0 Å². The van der Waals surface area contributed by atoms with Crippen LogP contribution in [-0.4, -0.2) is 12.1 Å². The second-order valence-corrected chi connectivity index (χ2v) is 4.67. The molecule has 1 nitrogen and oxygen atoms in total. The molecular weight excluding hydrogens is 146 g/mol. The van der Waals surface area contributed by atoms with Gasteiger partial charge in [0, 0.05) is 12.1 Å². The molecule has 1 N–H and O–H groups in total. The van der Waals surface area contributed by atoms with Gasteiger partial charge in [0.05, 0.1) is 0 Å². The van der Waals surface area contributed by atoms with Gasteiger partial charge in [-0.2, -0.15) is 0 Å². The lowest BCUT2D eigenvalue weighted by Crippen LogP contribution is -2.40. The summed E-state index contributed by atoms with van der Waals surface area (Å²) in [6.45, 7) is 6.93. The Labute approximate surface area is 76.9 Å². The van der Waals surface area contributed by atoms with Crippen molar-refractivity contribution in [2.24, 2.45) is 5.92 Å². The first-order valence-corrected chi connectivity index (χ1v) is 5.44. The first kappa shape index (κ1) is 10.0. The van der Waals surface area contributed by atoms with E-state index >= 15 is 0 Å². The Morgan fingerprint density at radius 3 is 2.67 bits per heavy atom. The lowest BCUT2D eigenvalue weighted by Gasteiger charge is -2.29. The molecule has 0 aliphatic carbocycles. The molecule has 0 aromatic rings. The molecule has 1 heterocycles. The summed E-state index contributed by atoms with van der Waals surface area (Å²) in [6, 6.07) is 1.58. The van der Waals surface area contributed by atoms with Crippen molar-refractivity contribution in [1.29, 1.82) is 0 Å². The van der Waals surface area contributed by atoms with Crippen LogP contribution in [0.2, 0.25) is 0 Å². The van der Waals surface area contributed by atoms with Gasteiger partial charge in [-0.3, -0.25) is 0 Å². The minimum atomic E-state index is 0.760. The summed E-state index contributed by atoms with van der Waals surface area (Å²) in [5.41, 5.74) is 0. The summed E-state index contributed by atoms with van der Waals surface area (Å²) >= 11 is 0. The van der Waals surface area contributed by atoms with Crippen molar-refractivity contribution >= 4 is 0 Å². The highest BCUT2D eigenvalue weighted by molar-refractivity contribution is 4.77. The first-order valence-electron chi connectivity index (χ1n) is 5.44. The predicted molar refractivity (Wildman–Crippen MR) is 54.3 cm³/mol. The Balaban J connectivity index is 2.14. The summed E-state index contributed by atoms with van der Waals surface area (Å²) in [4.78, 5) is 0. The van der Waals surface area contributed by atoms with E-state index in [1.807, 2.05) is 0 Å². The summed E-state index contributed by atoms with van der Waals surface area (Å²) < 4.78 is 0. The lowest BCUT2D eigenvalue weighted by molar-refractivity contribution is 0.307. The van der Waals surface area contributed by atoms with E-state index in [9.17, 15) is 0 Å². The van der Waals surface area contributed by atoms with E-state index in [0.29, 0.717) is 0 Å². The van der Waals surface area contributed by atoms with Crippen molar-refractivity contribution in [1.82, 2.24) is 5.32 Å². The fourth-order valence-electron chi connectivity index (χ4n) is 2.00. The van der Waals surface area contributed by atoms with E-state index in [4.69, 9.17) is 0 Å². The van der Waals surface area contributed by atoms with Crippen LogP contribution < -0.4 is 5.32 Å². The number of nitrogens with one attached hydrogen (secondary N) is 1. The minimum absolute atomic E-state index is 0.760. The van der Waals surface area contributed by atoms with Gasteiger partial charge in [-0.1, -0.05) is 20.3 Å². The van der Waals surface area contributed by atoms with E-state index in [2.05, 4.69) is 26.1 Å². The fourth-order valence-corrected chi connectivity index (χ4v) is 2.00. The SMILES string of the molecule is CC(C)CC[C@@H]1CCCC(C)N1. The molecule has 1 aliphatic rings. The molecule has 0 aromatic carbocycles. The highest BCUT2D eigenvalue weighted by Gasteiger charge is 2.17. The summed E-state index contributed by atoms with van der Waals surface area (Å²) in [5.74, 6) is 0.865. The van der Waals surface area contributed by atoms with Crippen molar-refractivity contribution in [2.75, 3.05) is 0 Å². The second-order valence-electron chi connectivity index (χ2n) is 4.67. The zero-order valence-electron chi connectivity index (χ0n) is 8.77. The Kier molecular flexibility index (Phi) is 4.07. The van der Waals surface area contributed by atoms with Gasteiger partial charge in [-0.15, -0.1) is 0 Å². The molecule has 1 unspecified atom stereocenters. The second kappa shape index (κ2) is 4.86. The zero-order chi connectivity index (χ0) is 8.97. The number of piperidine rings is 1. The standard InChI is InChI=1S/C11H23N/c1-9(2)7-8-11-6-4-5-10(3)12-11/h9-12H,4-8H2,1-3H3/t10?,11-/m0/s1. The highest BCUT2D eigenvalue weighted by atomic mass is 15.0. The fraction of sp³-hybridized carbons (Fsp3) is 1.00. The van der Waals surface area contributed by atoms with Crippen LogP contribution in [0.25, 0.3) is 0 Å². The molecule has 1 saturated heterocycles. The molecule has 0 bridgehead atoms. The Morgan fingerprint density at radius 2 is 2.08 bits per heavy atom. The van der Waals surface area contributed by atoms with Crippen LogP contribution in [0.3, 0.4) is 0 Å². The molecule has 0 amide bonds. The Bertz CT molecular complexity index is 120. The van der Waals surface area contributed by atoms with Gasteiger partial charge in [-0.05, 0) is 38.5 Å². The van der Waals surface area contributed by atoms with E-state index in [1.54, 1.807) is 0 Å². The van der Waals surface area contributed by atoms with Gasteiger partial charge >= 0.3 is 0 Å². The maximum absolute atomic E-state index is 3.67. The van der Waals surface area contributed by atoms with E-state index in [-0.39, 0.29) is 0 Å². The molecule has 0 aromatic heterocycles. The van der Waals surface area contributed by atoms with Gasteiger partial charge in [0.25, 0.3) is 0 Å². The van der Waals surface area contributed by atoms with Crippen molar-refractivity contribution < 1.29 is 0 Å². The lowest BCUT2D eigenvalue weighted by atomic mass is 9.94. The highest BCUT2D eigenvalue weighted by Crippen LogP contribution is 2.17. The van der Waals surface area contributed by atoms with Crippen molar-refractivity contribution in [3.8, 4) is 0 Å². The van der Waals surface area contributed by atoms with Crippen LogP contribution in [0.4, 0.5) is 0 Å². The van der Waals surface area contributed by atoms with Gasteiger partial charge in [0.15, 0.2) is 0 Å². The average Bonchev–Trinajstić information content (AvgIpc) is 2.01. The monoisotopic (exact) mass is 169 g/mol. The van der Waals surface area contributed by atoms with E-state index in [1.165, 1.54) is 32.1 Å². The summed E-state index contributed by atoms with van der Waals surface area (Å²) in [5, 5.41) is 3.67. The molecule has 12 heavy (non-hydrogen) atoms. The van der Waals surface area contributed by atoms with Crippen LogP contribution in [0, 0.1) is 5.92 Å². The molecule has 1 fully saturated rings. The van der Waals surface area contributed by atoms with Gasteiger partial charge in [-0.25, -0.2) is 0 Å². The maximum Gasteiger partial charge on any atom is 0.00696 e. The van der Waals surface area contributed by atoms with Crippen molar-refractivity contribution in [2.45, 2.75) is 65.0 Å². The summed E-state index contributed by atoms with van der Waals surface area (Å²) in [7, 11) is 0. The largest absolute Gasteiger partial charge is 0.312 e. The van der Waals surface area contributed by atoms with Gasteiger partial charge in [0.1, 0.15) is 0 Å². The molecule has 0 saturated carbocycles. The Hall–Kier alpha value is -0.0400. The maximum atomic E-state index is 3.67. The molecule has 72 valence electrons. The molecule has 0 spiro atoms. The summed E-state index contributed by atoms with van der Waals surface area (Å²) in [6.07, 6.45) is 6.96. The molecule has 2 atom stereocenters. The zero-order valence-corrected chi connectivity index (χ0v) is 8.77. The first-order chi connectivity index (χ1) is 5.68. The third kappa shape index (κ3) is 3.57. The number of hydrogen-bond acceptors (Lipinski definition) is 1. The minimum Gasteiger partial charge on any atom is -0.312 e. The third-order valence-corrected chi connectivity index (χ3v) is 2.80. The number of hydrogen-bond donors (Lipinski definition) is 1. The normalized spacial score (nSPS) is 31.0. The molecular formula is C11H23N. The topological polar surface area (TPSA) is 12.0 Å². The molecule has 1 aliphatic heterocycles. The Morgan fingerprint density at radius 1 is 1.33 bits per heavy atom. The molecule has 1 rings (SSSR count). The molecule has 0 radical (unpaired) electrons. The smallest absolute Gasteiger partial charge is 0.00696 e. The van der Waals surface area contributed by atoms with E-state index < -0.39 is 0 Å². The van der Waals surface area contributed by atoms with Crippen LogP contribution in [0.1, 0.15) is 52.9 Å². The third-order valence-electron chi connectivity index (χ3n) is 2.80. The van der Waals surface area contributed by atoms with Crippen LogP contribution in [-0.2, 0) is 0 Å². The van der Waals surface area contributed by atoms with Gasteiger partial charge in [0.2, 0.25) is 0 Å². The quantitative estimate of drug-likeness (QED) is 0.685. The molecule has 1 heteroatoms. The van der Waals surface area contributed by atoms with E-state index in [0.717, 1.165) is 18.0 Å². The van der Waals surface area contributed by atoms with Crippen molar-refractivity contribution in [3.05, 3.63) is 0 Å². The predicted octanol–water partition coefficient (Wildman–Crippen LogP) is 2.95. The van der Waals surface area contributed by atoms with Gasteiger partial charge < -0.3 is 5.32 Å². The van der Waals surface area contributed by atoms with Crippen LogP contribution in [0.15, 0.2) is 0 Å². The average molecular weight is 169 g/mol. The van der Waals surface area contributed by atoms with Crippen LogP contribution >= 0.6 is 0 Å². The number of rotatable bonds is 3.